The van der Waals surface area contributed by atoms with E-state index in [1.807, 2.05) is 26.4 Å². The Bertz CT molecular complexity index is 460. The topological polar surface area (TPSA) is 50.6 Å². The van der Waals surface area contributed by atoms with Crippen LogP contribution in [0.1, 0.15) is 12.1 Å². The summed E-state index contributed by atoms with van der Waals surface area (Å²) in [6, 6.07) is 2.26. The summed E-state index contributed by atoms with van der Waals surface area (Å²) in [5.41, 5.74) is 0.818. The van der Waals surface area contributed by atoms with E-state index in [1.165, 1.54) is 0 Å². The largest absolute Gasteiger partial charge is 0.380 e. The van der Waals surface area contributed by atoms with Crippen LogP contribution < -0.4 is 0 Å². The van der Waals surface area contributed by atoms with Gasteiger partial charge in [-0.25, -0.2) is 0 Å². The van der Waals surface area contributed by atoms with Crippen molar-refractivity contribution < 1.29 is 9.53 Å². The van der Waals surface area contributed by atoms with Gasteiger partial charge in [-0.3, -0.25) is 14.4 Å². The number of methoxy groups -OCH3 is 1. The molecule has 1 aliphatic heterocycles. The Balaban J connectivity index is 1.85. The highest BCUT2D eigenvalue weighted by Crippen LogP contribution is 2.18. The van der Waals surface area contributed by atoms with Gasteiger partial charge in [-0.2, -0.15) is 5.10 Å². The maximum Gasteiger partial charge on any atom is 0.228 e. The first-order valence-electron chi connectivity index (χ1n) is 6.95. The summed E-state index contributed by atoms with van der Waals surface area (Å²) in [6.45, 7) is 1.67. The number of likely N-dealkylation sites (tertiary alicyclic amines) is 1. The minimum Gasteiger partial charge on any atom is -0.380 e. The molecule has 1 saturated heterocycles. The molecular formula is C14H24N4O2. The Kier molecular flexibility index (Phi) is 4.77. The van der Waals surface area contributed by atoms with Gasteiger partial charge in [-0.15, -0.1) is 0 Å². The Morgan fingerprint density at radius 3 is 2.85 bits per heavy atom. The lowest BCUT2D eigenvalue weighted by Gasteiger charge is -2.25. The molecule has 1 aliphatic rings. The average Bonchev–Trinajstić information content (AvgIpc) is 2.96. The fourth-order valence-corrected chi connectivity index (χ4v) is 2.68. The van der Waals surface area contributed by atoms with E-state index in [-0.39, 0.29) is 12.0 Å². The Labute approximate surface area is 120 Å². The number of likely N-dealkylation sites (N-methyl/N-ethyl adjacent to an activating group) is 2. The van der Waals surface area contributed by atoms with Crippen LogP contribution in [0, 0.1) is 0 Å². The van der Waals surface area contributed by atoms with E-state index in [2.05, 4.69) is 17.0 Å². The molecule has 0 spiro atoms. The van der Waals surface area contributed by atoms with Crippen molar-refractivity contribution in [3.63, 3.8) is 0 Å². The van der Waals surface area contributed by atoms with Gasteiger partial charge in [0.25, 0.3) is 0 Å². The zero-order valence-corrected chi connectivity index (χ0v) is 12.7. The third-order valence-electron chi connectivity index (χ3n) is 3.99. The summed E-state index contributed by atoms with van der Waals surface area (Å²) in [4.78, 5) is 16.3. The van der Waals surface area contributed by atoms with Gasteiger partial charge < -0.3 is 9.64 Å². The Morgan fingerprint density at radius 2 is 2.30 bits per heavy atom. The molecule has 0 aliphatic carbocycles. The lowest BCUT2D eigenvalue weighted by atomic mass is 10.2. The van der Waals surface area contributed by atoms with Crippen LogP contribution >= 0.6 is 0 Å². The molecule has 20 heavy (non-hydrogen) atoms. The second kappa shape index (κ2) is 6.37. The third-order valence-corrected chi connectivity index (χ3v) is 3.99. The van der Waals surface area contributed by atoms with Crippen molar-refractivity contribution in [3.8, 4) is 0 Å². The Morgan fingerprint density at radius 1 is 1.55 bits per heavy atom. The molecule has 0 aromatic carbocycles. The molecule has 0 saturated carbocycles. The van der Waals surface area contributed by atoms with E-state index in [4.69, 9.17) is 4.74 Å². The summed E-state index contributed by atoms with van der Waals surface area (Å²) in [5.74, 6) is 0.109. The molecule has 112 valence electrons. The van der Waals surface area contributed by atoms with E-state index in [0.29, 0.717) is 12.5 Å². The molecule has 0 unspecified atom stereocenters. The van der Waals surface area contributed by atoms with Crippen molar-refractivity contribution in [1.29, 1.82) is 0 Å². The summed E-state index contributed by atoms with van der Waals surface area (Å²) in [6.07, 6.45) is 3.48. The molecule has 0 N–H and O–H groups in total. The average molecular weight is 280 g/mol. The second-order valence-corrected chi connectivity index (χ2v) is 5.62. The zero-order valence-electron chi connectivity index (χ0n) is 12.7. The summed E-state index contributed by atoms with van der Waals surface area (Å²) in [7, 11) is 7.55. The molecule has 1 aromatic rings. The predicted octanol–water partition coefficient (Wildman–Crippen LogP) is 0.140. The molecule has 6 heteroatoms. The van der Waals surface area contributed by atoms with Gasteiger partial charge in [-0.1, -0.05) is 0 Å². The van der Waals surface area contributed by atoms with Crippen LogP contribution in [0.4, 0.5) is 0 Å². The molecule has 0 bridgehead atoms. The number of aryl methyl sites for hydroxylation is 1. The summed E-state index contributed by atoms with van der Waals surface area (Å²) >= 11 is 0. The third kappa shape index (κ3) is 3.58. The first kappa shape index (κ1) is 15.0. The molecule has 2 atom stereocenters. The fraction of sp³-hybridized carbons (Fsp3) is 0.714. The zero-order chi connectivity index (χ0) is 14.7. The minimum atomic E-state index is 0.109. The van der Waals surface area contributed by atoms with Crippen LogP contribution in [0.3, 0.4) is 0 Å². The van der Waals surface area contributed by atoms with Gasteiger partial charge >= 0.3 is 0 Å². The quantitative estimate of drug-likeness (QED) is 0.770. The number of ether oxygens (including phenoxy) is 1. The van der Waals surface area contributed by atoms with E-state index in [9.17, 15) is 4.79 Å². The number of hydrogen-bond donors (Lipinski definition) is 0. The van der Waals surface area contributed by atoms with Crippen molar-refractivity contribution in [2.75, 3.05) is 34.3 Å². The molecule has 1 amide bonds. The van der Waals surface area contributed by atoms with Gasteiger partial charge in [0.2, 0.25) is 5.91 Å². The highest BCUT2D eigenvalue weighted by Gasteiger charge is 2.30. The number of hydrogen-bond acceptors (Lipinski definition) is 4. The SMILES string of the molecule is CO[C@H]1C[C@@H](CN(C)C(=O)Cc2ccn(C)n2)N(C)C1. The van der Waals surface area contributed by atoms with E-state index in [1.54, 1.807) is 16.7 Å². The summed E-state index contributed by atoms with van der Waals surface area (Å²) in [5, 5.41) is 4.24. The maximum atomic E-state index is 12.2. The summed E-state index contributed by atoms with van der Waals surface area (Å²) < 4.78 is 7.11. The molecule has 2 rings (SSSR count). The molecule has 1 fully saturated rings. The van der Waals surface area contributed by atoms with Crippen molar-refractivity contribution in [2.45, 2.75) is 25.0 Å². The molecule has 0 radical (unpaired) electrons. The fourth-order valence-electron chi connectivity index (χ4n) is 2.68. The van der Waals surface area contributed by atoms with Crippen LogP contribution in [-0.4, -0.2) is 71.9 Å². The van der Waals surface area contributed by atoms with E-state index < -0.39 is 0 Å². The lowest BCUT2D eigenvalue weighted by Crippen LogP contribution is -2.40. The van der Waals surface area contributed by atoms with Crippen molar-refractivity contribution >= 4 is 5.91 Å². The molecule has 2 heterocycles. The monoisotopic (exact) mass is 280 g/mol. The van der Waals surface area contributed by atoms with Gasteiger partial charge in [0.15, 0.2) is 0 Å². The number of amides is 1. The normalized spacial score (nSPS) is 23.2. The van der Waals surface area contributed by atoms with Crippen molar-refractivity contribution in [2.24, 2.45) is 7.05 Å². The van der Waals surface area contributed by atoms with Crippen molar-refractivity contribution in [3.05, 3.63) is 18.0 Å². The number of carbonyl (C=O) groups excluding carboxylic acids is 1. The molecule has 6 nitrogen and oxygen atoms in total. The van der Waals surface area contributed by atoms with Gasteiger partial charge in [0.1, 0.15) is 0 Å². The van der Waals surface area contributed by atoms with Gasteiger partial charge in [0.05, 0.1) is 18.2 Å². The van der Waals surface area contributed by atoms with Gasteiger partial charge in [-0.05, 0) is 19.5 Å². The smallest absolute Gasteiger partial charge is 0.228 e. The second-order valence-electron chi connectivity index (χ2n) is 5.62. The van der Waals surface area contributed by atoms with Crippen molar-refractivity contribution in [1.82, 2.24) is 19.6 Å². The maximum absolute atomic E-state index is 12.2. The predicted molar refractivity (Wildman–Crippen MR) is 76.4 cm³/mol. The van der Waals surface area contributed by atoms with Gasteiger partial charge in [0, 0.05) is 46.5 Å². The first-order valence-corrected chi connectivity index (χ1v) is 6.95. The number of rotatable bonds is 5. The number of aromatic nitrogens is 2. The highest BCUT2D eigenvalue weighted by atomic mass is 16.5. The molecular weight excluding hydrogens is 256 g/mol. The van der Waals surface area contributed by atoms with E-state index in [0.717, 1.165) is 25.2 Å². The minimum absolute atomic E-state index is 0.109. The van der Waals surface area contributed by atoms with Crippen LogP contribution in [0.5, 0.6) is 0 Å². The highest BCUT2D eigenvalue weighted by molar-refractivity contribution is 5.78. The standard InChI is InChI=1S/C14H24N4O2/c1-16-10-13(20-4)8-12(16)9-17(2)14(19)7-11-5-6-18(3)15-11/h5-6,12-13H,7-10H2,1-4H3/t12-,13-/m0/s1. The van der Waals surface area contributed by atoms with Crippen LogP contribution in [0.25, 0.3) is 0 Å². The van der Waals surface area contributed by atoms with Crippen LogP contribution in [0.2, 0.25) is 0 Å². The lowest BCUT2D eigenvalue weighted by molar-refractivity contribution is -0.129. The van der Waals surface area contributed by atoms with E-state index >= 15 is 0 Å². The van der Waals surface area contributed by atoms with Crippen LogP contribution in [0.15, 0.2) is 12.3 Å². The number of carbonyl (C=O) groups is 1. The number of nitrogens with zero attached hydrogens (tertiary/aromatic N) is 4. The Hall–Kier alpha value is -1.40. The van der Waals surface area contributed by atoms with Crippen LogP contribution in [-0.2, 0) is 23.0 Å². The molecule has 1 aromatic heterocycles. The first-order chi connectivity index (χ1) is 9.49.